The van der Waals surface area contributed by atoms with E-state index < -0.39 is 0 Å². The van der Waals surface area contributed by atoms with Gasteiger partial charge in [0.25, 0.3) is 0 Å². The predicted octanol–water partition coefficient (Wildman–Crippen LogP) is 3.76. The smallest absolute Gasteiger partial charge is 0.133 e. The maximum atomic E-state index is 13.2. The molecule has 2 aromatic carbocycles. The molecular formula is C15H14FNOS2. The van der Waals surface area contributed by atoms with E-state index in [9.17, 15) is 4.39 Å². The fraction of sp³-hybridized carbons (Fsp3) is 0.133. The first kappa shape index (κ1) is 14.8. The predicted molar refractivity (Wildman–Crippen MR) is 84.8 cm³/mol. The molecule has 104 valence electrons. The van der Waals surface area contributed by atoms with E-state index in [4.69, 9.17) is 22.7 Å². The Morgan fingerprint density at radius 2 is 2.05 bits per heavy atom. The molecule has 0 aliphatic heterocycles. The van der Waals surface area contributed by atoms with Crippen molar-refractivity contribution in [3.8, 4) is 5.75 Å². The van der Waals surface area contributed by atoms with E-state index in [1.807, 2.05) is 30.5 Å². The lowest BCUT2D eigenvalue weighted by atomic mass is 10.1. The van der Waals surface area contributed by atoms with Gasteiger partial charge in [0.1, 0.15) is 23.2 Å². The standard InChI is InChI=1S/C15H14FNOS2/c1-20-14-5-3-2-4-13(14)18-9-10-6-7-11(16)8-12(10)15(17)19/h2-8H,9H2,1H3,(H2,17,19). The molecule has 0 bridgehead atoms. The summed E-state index contributed by atoms with van der Waals surface area (Å²) in [5.41, 5.74) is 6.90. The van der Waals surface area contributed by atoms with E-state index in [-0.39, 0.29) is 10.8 Å². The molecular weight excluding hydrogens is 293 g/mol. The van der Waals surface area contributed by atoms with Crippen LogP contribution in [0, 0.1) is 5.82 Å². The third-order valence-corrected chi connectivity index (χ3v) is 3.79. The molecule has 20 heavy (non-hydrogen) atoms. The van der Waals surface area contributed by atoms with Crippen molar-refractivity contribution in [2.75, 3.05) is 6.26 Å². The lowest BCUT2D eigenvalue weighted by Crippen LogP contribution is -2.14. The zero-order valence-corrected chi connectivity index (χ0v) is 12.6. The summed E-state index contributed by atoms with van der Waals surface area (Å²) in [6.45, 7) is 0.296. The number of rotatable bonds is 5. The summed E-state index contributed by atoms with van der Waals surface area (Å²) in [6, 6.07) is 12.1. The van der Waals surface area contributed by atoms with Gasteiger partial charge >= 0.3 is 0 Å². The molecule has 0 saturated heterocycles. The molecule has 2 N–H and O–H groups in total. The molecule has 2 aromatic rings. The van der Waals surface area contributed by atoms with E-state index in [2.05, 4.69) is 0 Å². The van der Waals surface area contributed by atoms with E-state index in [1.54, 1.807) is 17.8 Å². The summed E-state index contributed by atoms with van der Waals surface area (Å²) in [7, 11) is 0. The Balaban J connectivity index is 2.21. The zero-order chi connectivity index (χ0) is 14.5. The Labute approximate surface area is 127 Å². The number of para-hydroxylation sites is 1. The van der Waals surface area contributed by atoms with Crippen LogP contribution < -0.4 is 10.5 Å². The normalized spacial score (nSPS) is 10.3. The van der Waals surface area contributed by atoms with Crippen molar-refractivity contribution in [1.29, 1.82) is 0 Å². The highest BCUT2D eigenvalue weighted by atomic mass is 32.2. The highest BCUT2D eigenvalue weighted by molar-refractivity contribution is 7.98. The number of benzene rings is 2. The van der Waals surface area contributed by atoms with Crippen molar-refractivity contribution in [3.63, 3.8) is 0 Å². The molecule has 0 atom stereocenters. The van der Waals surface area contributed by atoms with Crippen LogP contribution in [-0.4, -0.2) is 11.2 Å². The van der Waals surface area contributed by atoms with Gasteiger partial charge in [-0.05, 0) is 36.1 Å². The molecule has 0 aliphatic carbocycles. The van der Waals surface area contributed by atoms with Gasteiger partial charge in [-0.15, -0.1) is 11.8 Å². The van der Waals surface area contributed by atoms with Gasteiger partial charge in [0.15, 0.2) is 0 Å². The van der Waals surface area contributed by atoms with Crippen molar-refractivity contribution in [3.05, 3.63) is 59.4 Å². The number of thioether (sulfide) groups is 1. The second kappa shape index (κ2) is 6.72. The lowest BCUT2D eigenvalue weighted by molar-refractivity contribution is 0.298. The van der Waals surface area contributed by atoms with Crippen LogP contribution in [0.5, 0.6) is 5.75 Å². The average Bonchev–Trinajstić information content (AvgIpc) is 2.46. The number of hydrogen-bond donors (Lipinski definition) is 1. The minimum atomic E-state index is -0.360. The van der Waals surface area contributed by atoms with Crippen molar-refractivity contribution < 1.29 is 9.13 Å². The van der Waals surface area contributed by atoms with Crippen molar-refractivity contribution in [2.24, 2.45) is 5.73 Å². The molecule has 0 unspecified atom stereocenters. The summed E-state index contributed by atoms with van der Waals surface area (Å²) >= 11 is 6.55. The molecule has 0 aliphatic rings. The molecule has 0 saturated carbocycles. The van der Waals surface area contributed by atoms with E-state index >= 15 is 0 Å². The Bertz CT molecular complexity index is 631. The van der Waals surface area contributed by atoms with Crippen LogP contribution in [-0.2, 0) is 6.61 Å². The third kappa shape index (κ3) is 3.49. The first-order valence-electron chi connectivity index (χ1n) is 5.96. The monoisotopic (exact) mass is 307 g/mol. The largest absolute Gasteiger partial charge is 0.488 e. The van der Waals surface area contributed by atoms with Gasteiger partial charge in [0.05, 0.1) is 0 Å². The molecule has 0 heterocycles. The number of nitrogens with two attached hydrogens (primary N) is 1. The second-order valence-electron chi connectivity index (χ2n) is 4.11. The van der Waals surface area contributed by atoms with Crippen molar-refractivity contribution in [2.45, 2.75) is 11.5 Å². The summed E-state index contributed by atoms with van der Waals surface area (Å²) < 4.78 is 19.0. The Kier molecular flexibility index (Phi) is 4.98. The summed E-state index contributed by atoms with van der Waals surface area (Å²) in [5, 5.41) is 0. The molecule has 0 radical (unpaired) electrons. The number of thiocarbonyl (C=S) groups is 1. The Hall–Kier alpha value is -1.59. The van der Waals surface area contributed by atoms with Crippen molar-refractivity contribution >= 4 is 29.0 Å². The molecule has 0 fully saturated rings. The fourth-order valence-corrected chi connectivity index (χ4v) is 2.53. The Morgan fingerprint density at radius 1 is 1.30 bits per heavy atom. The van der Waals surface area contributed by atoms with Crippen LogP contribution in [0.3, 0.4) is 0 Å². The van der Waals surface area contributed by atoms with Crippen molar-refractivity contribution in [1.82, 2.24) is 0 Å². The molecule has 0 amide bonds. The van der Waals surface area contributed by atoms with Gasteiger partial charge in [-0.25, -0.2) is 4.39 Å². The van der Waals surface area contributed by atoms with Crippen LogP contribution in [0.1, 0.15) is 11.1 Å². The maximum absolute atomic E-state index is 13.2. The van der Waals surface area contributed by atoms with Gasteiger partial charge in [0, 0.05) is 10.5 Å². The molecule has 0 aromatic heterocycles. The summed E-state index contributed by atoms with van der Waals surface area (Å²) in [5.74, 6) is 0.430. The van der Waals surface area contributed by atoms with Crippen LogP contribution in [0.4, 0.5) is 4.39 Å². The van der Waals surface area contributed by atoms with E-state index in [1.165, 1.54) is 12.1 Å². The minimum Gasteiger partial charge on any atom is -0.488 e. The lowest BCUT2D eigenvalue weighted by Gasteiger charge is -2.12. The van der Waals surface area contributed by atoms with Gasteiger partial charge in [-0.1, -0.05) is 30.4 Å². The number of halogens is 1. The van der Waals surface area contributed by atoms with Crippen LogP contribution in [0.2, 0.25) is 0 Å². The second-order valence-corrected chi connectivity index (χ2v) is 5.39. The zero-order valence-electron chi connectivity index (χ0n) is 10.9. The quantitative estimate of drug-likeness (QED) is 0.674. The third-order valence-electron chi connectivity index (χ3n) is 2.79. The minimum absolute atomic E-state index is 0.168. The first-order valence-corrected chi connectivity index (χ1v) is 7.59. The van der Waals surface area contributed by atoms with E-state index in [0.717, 1.165) is 16.2 Å². The molecule has 2 rings (SSSR count). The summed E-state index contributed by atoms with van der Waals surface area (Å²) in [6.07, 6.45) is 1.99. The number of hydrogen-bond acceptors (Lipinski definition) is 3. The fourth-order valence-electron chi connectivity index (χ4n) is 1.80. The topological polar surface area (TPSA) is 35.2 Å². The van der Waals surface area contributed by atoms with E-state index in [0.29, 0.717) is 12.2 Å². The van der Waals surface area contributed by atoms with Gasteiger partial charge in [-0.3, -0.25) is 0 Å². The maximum Gasteiger partial charge on any atom is 0.133 e. The highest BCUT2D eigenvalue weighted by Gasteiger charge is 2.09. The number of ether oxygens (including phenoxy) is 1. The Morgan fingerprint density at radius 3 is 2.75 bits per heavy atom. The van der Waals surface area contributed by atoms with Gasteiger partial charge in [-0.2, -0.15) is 0 Å². The van der Waals surface area contributed by atoms with Gasteiger partial charge in [0.2, 0.25) is 0 Å². The van der Waals surface area contributed by atoms with Crippen LogP contribution >= 0.6 is 24.0 Å². The van der Waals surface area contributed by atoms with Crippen LogP contribution in [0.25, 0.3) is 0 Å². The first-order chi connectivity index (χ1) is 9.61. The van der Waals surface area contributed by atoms with Crippen LogP contribution in [0.15, 0.2) is 47.4 Å². The van der Waals surface area contributed by atoms with Gasteiger partial charge < -0.3 is 10.5 Å². The molecule has 2 nitrogen and oxygen atoms in total. The summed E-state index contributed by atoms with van der Waals surface area (Å²) in [4.78, 5) is 1.22. The highest BCUT2D eigenvalue weighted by Crippen LogP contribution is 2.28. The molecule has 0 spiro atoms. The SMILES string of the molecule is CSc1ccccc1OCc1ccc(F)cc1C(N)=S. The average molecular weight is 307 g/mol. The molecule has 5 heteroatoms.